The van der Waals surface area contributed by atoms with Crippen LogP contribution in [0.5, 0.6) is 0 Å². The summed E-state index contributed by atoms with van der Waals surface area (Å²) in [5, 5.41) is 20.9. The molecule has 0 saturated carbocycles. The van der Waals surface area contributed by atoms with E-state index in [1.54, 1.807) is 12.1 Å². The van der Waals surface area contributed by atoms with Gasteiger partial charge in [-0.25, -0.2) is 4.98 Å². The number of amides is 2. The Balaban J connectivity index is 1.70. The van der Waals surface area contributed by atoms with Crippen LogP contribution in [0.25, 0.3) is 0 Å². The molecule has 1 aromatic heterocycles. The number of aliphatic hydroxyl groups is 1. The van der Waals surface area contributed by atoms with E-state index in [4.69, 9.17) is 11.6 Å². The van der Waals surface area contributed by atoms with Gasteiger partial charge in [0.2, 0.25) is 11.8 Å². The Kier molecular flexibility index (Phi) is 8.50. The molecule has 0 bridgehead atoms. The summed E-state index contributed by atoms with van der Waals surface area (Å²) in [5.41, 5.74) is -0.128. The van der Waals surface area contributed by atoms with Crippen LogP contribution in [0.2, 0.25) is 5.02 Å². The maximum absolute atomic E-state index is 13.6. The van der Waals surface area contributed by atoms with E-state index in [-0.39, 0.29) is 30.2 Å². The molecule has 3 N–H and O–H groups in total. The fraction of sp³-hybridized carbons (Fsp3) is 0.577. The summed E-state index contributed by atoms with van der Waals surface area (Å²) in [7, 11) is 0. The summed E-state index contributed by atoms with van der Waals surface area (Å²) in [6.07, 6.45) is 0.644. The number of halogens is 1. The second-order valence-electron chi connectivity index (χ2n) is 10.7. The lowest BCUT2D eigenvalue weighted by molar-refractivity contribution is -0.154. The Morgan fingerprint density at radius 2 is 1.86 bits per heavy atom. The third kappa shape index (κ3) is 6.35. The molecule has 1 aromatic carbocycles. The van der Waals surface area contributed by atoms with Gasteiger partial charge in [0.05, 0.1) is 17.7 Å². The van der Waals surface area contributed by atoms with E-state index < -0.39 is 17.1 Å². The van der Waals surface area contributed by atoms with Gasteiger partial charge in [-0.05, 0) is 43.9 Å². The number of nitrogens with one attached hydrogen (secondary N) is 2. The minimum atomic E-state index is -1.06. The summed E-state index contributed by atoms with van der Waals surface area (Å²) < 4.78 is 0. The van der Waals surface area contributed by atoms with Crippen LogP contribution < -0.4 is 10.6 Å². The molecule has 2 heterocycles. The number of thiazole rings is 1. The first-order valence-corrected chi connectivity index (χ1v) is 13.4. The maximum atomic E-state index is 13.6. The number of likely N-dealkylation sites (tertiary alicyclic amines) is 1. The van der Waals surface area contributed by atoms with Gasteiger partial charge in [-0.15, -0.1) is 11.3 Å². The lowest BCUT2D eigenvalue weighted by Gasteiger charge is -2.51. The van der Waals surface area contributed by atoms with E-state index >= 15 is 0 Å². The van der Waals surface area contributed by atoms with Crippen molar-refractivity contribution in [3.05, 3.63) is 45.9 Å². The lowest BCUT2D eigenvalue weighted by Crippen LogP contribution is -2.59. The van der Waals surface area contributed by atoms with Crippen molar-refractivity contribution in [2.24, 2.45) is 11.3 Å². The minimum Gasteiger partial charge on any atom is -0.384 e. The predicted molar refractivity (Wildman–Crippen MR) is 142 cm³/mol. The van der Waals surface area contributed by atoms with Gasteiger partial charge < -0.3 is 20.6 Å². The molecule has 0 unspecified atom stereocenters. The van der Waals surface area contributed by atoms with Crippen LogP contribution in [0.4, 0.5) is 5.13 Å². The quantitative estimate of drug-likeness (QED) is 0.478. The van der Waals surface area contributed by atoms with Crippen LogP contribution in [0, 0.1) is 11.3 Å². The van der Waals surface area contributed by atoms with E-state index in [9.17, 15) is 14.7 Å². The number of rotatable bonds is 8. The van der Waals surface area contributed by atoms with Crippen molar-refractivity contribution < 1.29 is 14.7 Å². The average molecular weight is 521 g/mol. The van der Waals surface area contributed by atoms with E-state index in [2.05, 4.69) is 15.6 Å². The molecular formula is C26H37ClN4O3S. The highest BCUT2D eigenvalue weighted by Gasteiger charge is 2.50. The third-order valence-electron chi connectivity index (χ3n) is 6.64. The first kappa shape index (κ1) is 27.4. The Morgan fingerprint density at radius 3 is 2.43 bits per heavy atom. The largest absolute Gasteiger partial charge is 0.384 e. The molecule has 3 rings (SSSR count). The normalized spacial score (nSPS) is 20.7. The monoisotopic (exact) mass is 520 g/mol. The van der Waals surface area contributed by atoms with Gasteiger partial charge in [0, 0.05) is 34.9 Å². The van der Waals surface area contributed by atoms with E-state index in [1.807, 2.05) is 64.0 Å². The molecule has 1 fully saturated rings. The second kappa shape index (κ2) is 10.8. The van der Waals surface area contributed by atoms with Crippen LogP contribution >= 0.6 is 22.9 Å². The minimum absolute atomic E-state index is 0.0134. The van der Waals surface area contributed by atoms with E-state index in [0.717, 1.165) is 5.56 Å². The van der Waals surface area contributed by atoms with Gasteiger partial charge >= 0.3 is 0 Å². The van der Waals surface area contributed by atoms with Crippen molar-refractivity contribution in [3.63, 3.8) is 0 Å². The number of aromatic nitrogens is 1. The summed E-state index contributed by atoms with van der Waals surface area (Å²) in [4.78, 5) is 32.0. The van der Waals surface area contributed by atoms with Crippen LogP contribution in [0.3, 0.4) is 0 Å². The molecule has 1 aliphatic rings. The molecule has 192 valence electrons. The van der Waals surface area contributed by atoms with Crippen molar-refractivity contribution in [1.82, 2.24) is 15.2 Å². The Bertz CT molecular complexity index is 1040. The molecule has 35 heavy (non-hydrogen) atoms. The highest BCUT2D eigenvalue weighted by molar-refractivity contribution is 7.13. The fourth-order valence-electron chi connectivity index (χ4n) is 4.61. The number of benzene rings is 1. The zero-order valence-corrected chi connectivity index (χ0v) is 23.0. The fourth-order valence-corrected chi connectivity index (χ4v) is 5.48. The molecule has 1 saturated heterocycles. The average Bonchev–Trinajstić information content (AvgIpc) is 3.19. The molecule has 2 amide bonds. The van der Waals surface area contributed by atoms with Crippen molar-refractivity contribution in [2.45, 2.75) is 72.1 Å². The van der Waals surface area contributed by atoms with Crippen LogP contribution in [-0.4, -0.2) is 52.0 Å². The third-order valence-corrected chi connectivity index (χ3v) is 7.71. The van der Waals surface area contributed by atoms with Crippen LogP contribution in [-0.2, 0) is 21.6 Å². The number of anilines is 1. The van der Waals surface area contributed by atoms with Gasteiger partial charge in [-0.1, -0.05) is 51.4 Å². The molecule has 2 aromatic rings. The zero-order valence-electron chi connectivity index (χ0n) is 21.4. The van der Waals surface area contributed by atoms with Gasteiger partial charge in [-0.2, -0.15) is 0 Å². The first-order valence-electron chi connectivity index (χ1n) is 12.1. The van der Waals surface area contributed by atoms with E-state index in [0.29, 0.717) is 35.4 Å². The maximum Gasteiger partial charge on any atom is 0.245 e. The van der Waals surface area contributed by atoms with Crippen molar-refractivity contribution in [2.75, 3.05) is 18.4 Å². The van der Waals surface area contributed by atoms with E-state index in [1.165, 1.54) is 11.3 Å². The van der Waals surface area contributed by atoms with Crippen LogP contribution in [0.1, 0.15) is 59.2 Å². The van der Waals surface area contributed by atoms with Gasteiger partial charge in [0.15, 0.2) is 5.13 Å². The summed E-state index contributed by atoms with van der Waals surface area (Å²) in [6.45, 7) is 12.7. The van der Waals surface area contributed by atoms with Crippen molar-refractivity contribution in [3.8, 4) is 0 Å². The molecular weight excluding hydrogens is 484 g/mol. The van der Waals surface area contributed by atoms with Crippen LogP contribution in [0.15, 0.2) is 29.6 Å². The standard InChI is InChI=1S/C26H37ClN4O3S/c1-16(2)22(30-24-29-20(14-35-24)13-21(32)28-17(3)4)23(33)31-12-11-26(34,25(5,6)15-31)18-7-9-19(27)10-8-18/h7-10,14,16-17,22,34H,11-13,15H2,1-6H3,(H,28,32)(H,29,30)/t22-,26+/m1/s1. The van der Waals surface area contributed by atoms with Crippen molar-refractivity contribution in [1.29, 1.82) is 0 Å². The Hall–Kier alpha value is -2.16. The first-order chi connectivity index (χ1) is 16.3. The van der Waals surface area contributed by atoms with Gasteiger partial charge in [-0.3, -0.25) is 9.59 Å². The van der Waals surface area contributed by atoms with Crippen molar-refractivity contribution >= 4 is 39.9 Å². The number of nitrogens with zero attached hydrogens (tertiary/aromatic N) is 2. The number of piperidine rings is 1. The molecule has 0 radical (unpaired) electrons. The molecule has 2 atom stereocenters. The predicted octanol–water partition coefficient (Wildman–Crippen LogP) is 4.45. The Labute approximate surface area is 217 Å². The molecule has 1 aliphatic heterocycles. The number of hydrogen-bond acceptors (Lipinski definition) is 6. The number of carbonyl (C=O) groups is 2. The molecule has 0 aliphatic carbocycles. The molecule has 0 spiro atoms. The van der Waals surface area contributed by atoms with Gasteiger partial charge in [0.25, 0.3) is 0 Å². The summed E-state index contributed by atoms with van der Waals surface area (Å²) in [5.74, 6) is -0.0585. The topological polar surface area (TPSA) is 94.6 Å². The second-order valence-corrected chi connectivity index (χ2v) is 12.0. The summed E-state index contributed by atoms with van der Waals surface area (Å²) in [6, 6.07) is 6.92. The summed E-state index contributed by atoms with van der Waals surface area (Å²) >= 11 is 7.44. The highest BCUT2D eigenvalue weighted by Crippen LogP contribution is 2.46. The lowest BCUT2D eigenvalue weighted by atomic mass is 9.66. The number of carbonyl (C=O) groups excluding carboxylic acids is 2. The zero-order chi connectivity index (χ0) is 26.0. The highest BCUT2D eigenvalue weighted by atomic mass is 35.5. The van der Waals surface area contributed by atoms with Gasteiger partial charge in [0.1, 0.15) is 6.04 Å². The number of hydrogen-bond donors (Lipinski definition) is 3. The Morgan fingerprint density at radius 1 is 1.20 bits per heavy atom. The molecule has 9 heteroatoms. The SMILES string of the molecule is CC(C)NC(=O)Cc1csc(N[C@@H](C(=O)N2CC[C@](O)(c3ccc(Cl)cc3)C(C)(C)C2)C(C)C)n1. The molecule has 7 nitrogen and oxygen atoms in total. The smallest absolute Gasteiger partial charge is 0.245 e.